The normalized spacial score (nSPS) is 17.3. The Balaban J connectivity index is 6.14. The van der Waals surface area contributed by atoms with Gasteiger partial charge in [0.05, 0.1) is 6.10 Å². The van der Waals surface area contributed by atoms with Crippen LogP contribution < -0.4 is 0 Å². The SMILES string of the molecule is CC(O)CC(F)(F)C(F)(F)C(F)(F)C(F)(F)C(F)(F)C(F)(F)F. The highest BCUT2D eigenvalue weighted by atomic mass is 19.4. The number of halogens is 13. The van der Waals surface area contributed by atoms with Crippen molar-refractivity contribution in [2.75, 3.05) is 0 Å². The molecule has 1 atom stereocenters. The third kappa shape index (κ3) is 3.18. The predicted octanol–water partition coefficient (Wildman–Crippen LogP) is 4.50. The van der Waals surface area contributed by atoms with Crippen molar-refractivity contribution in [3.63, 3.8) is 0 Å². The van der Waals surface area contributed by atoms with Gasteiger partial charge in [0.1, 0.15) is 0 Å². The minimum absolute atomic E-state index is 0.338. The zero-order valence-corrected chi connectivity index (χ0v) is 10.6. The van der Waals surface area contributed by atoms with Gasteiger partial charge in [-0.25, -0.2) is 0 Å². The first-order valence-corrected chi connectivity index (χ1v) is 5.30. The number of rotatable bonds is 6. The highest BCUT2D eigenvalue weighted by Gasteiger charge is 2.90. The van der Waals surface area contributed by atoms with Gasteiger partial charge in [-0.3, -0.25) is 0 Å². The van der Waals surface area contributed by atoms with Gasteiger partial charge in [0.2, 0.25) is 0 Å². The second kappa shape index (κ2) is 5.55. The quantitative estimate of drug-likeness (QED) is 0.676. The third-order valence-corrected chi connectivity index (χ3v) is 2.55. The zero-order chi connectivity index (χ0) is 19.3. The number of aliphatic hydroxyl groups excluding tert-OH is 1. The van der Waals surface area contributed by atoms with Crippen LogP contribution in [0.25, 0.3) is 0 Å². The molecule has 0 aromatic heterocycles. The molecule has 0 aliphatic carbocycles. The summed E-state index contributed by atoms with van der Waals surface area (Å²) < 4.78 is 163. The van der Waals surface area contributed by atoms with Crippen molar-refractivity contribution < 1.29 is 62.2 Å². The minimum atomic E-state index is -7.90. The Morgan fingerprint density at radius 1 is 0.609 bits per heavy atom. The van der Waals surface area contributed by atoms with Crippen LogP contribution >= 0.6 is 0 Å². The molecule has 0 heterocycles. The summed E-state index contributed by atoms with van der Waals surface area (Å²) in [7, 11) is 0. The van der Waals surface area contributed by atoms with Gasteiger partial charge in [-0.15, -0.1) is 0 Å². The number of hydrogen-bond donors (Lipinski definition) is 1. The van der Waals surface area contributed by atoms with Crippen LogP contribution in [0.4, 0.5) is 57.1 Å². The second-order valence-electron chi connectivity index (χ2n) is 4.55. The molecule has 1 nitrogen and oxygen atoms in total. The van der Waals surface area contributed by atoms with E-state index in [2.05, 4.69) is 0 Å². The van der Waals surface area contributed by atoms with Gasteiger partial charge in [0, 0.05) is 6.42 Å². The Kier molecular flexibility index (Phi) is 5.32. The van der Waals surface area contributed by atoms with E-state index in [4.69, 9.17) is 5.11 Å². The molecule has 0 amide bonds. The van der Waals surface area contributed by atoms with Gasteiger partial charge in [0.25, 0.3) is 0 Å². The van der Waals surface area contributed by atoms with E-state index < -0.39 is 48.3 Å². The number of hydrogen-bond acceptors (Lipinski definition) is 1. The molecule has 23 heavy (non-hydrogen) atoms. The molecule has 0 saturated carbocycles. The van der Waals surface area contributed by atoms with Crippen molar-refractivity contribution in [2.45, 2.75) is 55.2 Å². The summed E-state index contributed by atoms with van der Waals surface area (Å²) in [6, 6.07) is 0. The molecule has 1 unspecified atom stereocenters. The van der Waals surface area contributed by atoms with E-state index in [-0.39, 0.29) is 0 Å². The topological polar surface area (TPSA) is 20.2 Å². The summed E-state index contributed by atoms with van der Waals surface area (Å²) in [6.07, 6.45) is -12.5. The maximum absolute atomic E-state index is 13.0. The average molecular weight is 378 g/mol. The first kappa shape index (κ1) is 22.1. The van der Waals surface area contributed by atoms with Gasteiger partial charge in [-0.05, 0) is 6.92 Å². The van der Waals surface area contributed by atoms with Crippen molar-refractivity contribution in [2.24, 2.45) is 0 Å². The summed E-state index contributed by atoms with van der Waals surface area (Å²) in [5.41, 5.74) is 0. The highest BCUT2D eigenvalue weighted by molar-refractivity contribution is 5.10. The van der Waals surface area contributed by atoms with Gasteiger partial charge in [-0.2, -0.15) is 57.1 Å². The number of alkyl halides is 13. The fourth-order valence-electron chi connectivity index (χ4n) is 1.30. The lowest BCUT2D eigenvalue weighted by Gasteiger charge is -2.40. The van der Waals surface area contributed by atoms with E-state index >= 15 is 0 Å². The Labute approximate surface area is 119 Å². The summed E-state index contributed by atoms with van der Waals surface area (Å²) in [5.74, 6) is -37.0. The minimum Gasteiger partial charge on any atom is -0.393 e. The fourth-order valence-corrected chi connectivity index (χ4v) is 1.30. The van der Waals surface area contributed by atoms with E-state index in [9.17, 15) is 57.1 Å². The van der Waals surface area contributed by atoms with Crippen molar-refractivity contribution in [3.05, 3.63) is 0 Å². The maximum atomic E-state index is 13.0. The number of aliphatic hydroxyl groups is 1. The standard InChI is InChI=1S/C9H7F13O/c1-3(23)2-4(10,11)5(12,13)6(14,15)7(16,17)8(18,19)9(20,21)22/h3,23H,2H2,1H3. The molecule has 0 spiro atoms. The molecule has 1 N–H and O–H groups in total. The van der Waals surface area contributed by atoms with Crippen LogP contribution in [0, 0.1) is 0 Å². The van der Waals surface area contributed by atoms with E-state index in [1.807, 2.05) is 0 Å². The van der Waals surface area contributed by atoms with Crippen LogP contribution in [0.3, 0.4) is 0 Å². The first-order chi connectivity index (χ1) is 9.67. The van der Waals surface area contributed by atoms with Crippen LogP contribution in [-0.4, -0.2) is 47.0 Å². The van der Waals surface area contributed by atoms with E-state index in [0.29, 0.717) is 6.92 Å². The van der Waals surface area contributed by atoms with Gasteiger partial charge in [-0.1, -0.05) is 0 Å². The average Bonchev–Trinajstić information content (AvgIpc) is 2.24. The molecule has 0 aromatic rings. The van der Waals surface area contributed by atoms with Crippen LogP contribution in [0.1, 0.15) is 13.3 Å². The maximum Gasteiger partial charge on any atom is 0.460 e. The highest BCUT2D eigenvalue weighted by Crippen LogP contribution is 2.60. The molecule has 0 rings (SSSR count). The fraction of sp³-hybridized carbons (Fsp3) is 1.00. The molecular weight excluding hydrogens is 371 g/mol. The first-order valence-electron chi connectivity index (χ1n) is 5.30. The molecule has 0 fully saturated rings. The predicted molar refractivity (Wildman–Crippen MR) is 47.1 cm³/mol. The zero-order valence-electron chi connectivity index (χ0n) is 10.6. The van der Waals surface area contributed by atoms with E-state index in [1.54, 1.807) is 0 Å². The molecule has 0 radical (unpaired) electrons. The van der Waals surface area contributed by atoms with Crippen LogP contribution in [0.2, 0.25) is 0 Å². The lowest BCUT2D eigenvalue weighted by atomic mass is 9.92. The van der Waals surface area contributed by atoms with E-state index in [1.165, 1.54) is 0 Å². The monoisotopic (exact) mass is 378 g/mol. The summed E-state index contributed by atoms with van der Waals surface area (Å²) in [4.78, 5) is 0. The summed E-state index contributed by atoms with van der Waals surface area (Å²) in [5, 5.41) is 8.44. The molecule has 0 saturated heterocycles. The Morgan fingerprint density at radius 2 is 0.913 bits per heavy atom. The largest absolute Gasteiger partial charge is 0.460 e. The molecule has 14 heteroatoms. The van der Waals surface area contributed by atoms with Crippen LogP contribution in [0.5, 0.6) is 0 Å². The van der Waals surface area contributed by atoms with Crippen LogP contribution in [-0.2, 0) is 0 Å². The smallest absolute Gasteiger partial charge is 0.393 e. The van der Waals surface area contributed by atoms with Crippen molar-refractivity contribution in [1.29, 1.82) is 0 Å². The Bertz CT molecular complexity index is 422. The Hall–Kier alpha value is -0.950. The summed E-state index contributed by atoms with van der Waals surface area (Å²) >= 11 is 0. The van der Waals surface area contributed by atoms with Crippen molar-refractivity contribution in [3.8, 4) is 0 Å². The van der Waals surface area contributed by atoms with Crippen molar-refractivity contribution in [1.82, 2.24) is 0 Å². The molecule has 0 aliphatic rings. The van der Waals surface area contributed by atoms with Gasteiger partial charge in [0.15, 0.2) is 0 Å². The lowest BCUT2D eigenvalue weighted by Crippen LogP contribution is -2.70. The summed E-state index contributed by atoms with van der Waals surface area (Å²) in [6.45, 7) is 0.338. The molecule has 0 aliphatic heterocycles. The lowest BCUT2D eigenvalue weighted by molar-refractivity contribution is -0.440. The third-order valence-electron chi connectivity index (χ3n) is 2.55. The Morgan fingerprint density at radius 3 is 1.17 bits per heavy atom. The molecule has 0 bridgehead atoms. The molecule has 0 aromatic carbocycles. The molecule has 140 valence electrons. The molecular formula is C9H7F13O. The van der Waals surface area contributed by atoms with Gasteiger partial charge >= 0.3 is 35.8 Å². The van der Waals surface area contributed by atoms with Gasteiger partial charge < -0.3 is 5.11 Å². The van der Waals surface area contributed by atoms with Crippen LogP contribution in [0.15, 0.2) is 0 Å². The van der Waals surface area contributed by atoms with Crippen molar-refractivity contribution >= 4 is 0 Å². The van der Waals surface area contributed by atoms with E-state index in [0.717, 1.165) is 0 Å². The second-order valence-corrected chi connectivity index (χ2v) is 4.55.